The van der Waals surface area contributed by atoms with Crippen LogP contribution in [0.1, 0.15) is 18.1 Å². The molecule has 1 aromatic heterocycles. The van der Waals surface area contributed by atoms with Gasteiger partial charge in [-0.3, -0.25) is 14.8 Å². The molecule has 4 rings (SSSR count). The maximum absolute atomic E-state index is 12.6. The minimum Gasteiger partial charge on any atom is -0.494 e. The van der Waals surface area contributed by atoms with Crippen molar-refractivity contribution in [2.24, 2.45) is 4.99 Å². The van der Waals surface area contributed by atoms with E-state index in [1.165, 1.54) is 24.3 Å². The maximum atomic E-state index is 12.6. The highest BCUT2D eigenvalue weighted by Gasteiger charge is 2.15. The smallest absolute Gasteiger partial charge is 0.335 e. The molecule has 0 aliphatic carbocycles. The van der Waals surface area contributed by atoms with Gasteiger partial charge in [0.1, 0.15) is 11.3 Å². The number of benzene rings is 3. The van der Waals surface area contributed by atoms with Crippen LogP contribution >= 0.6 is 0 Å². The van der Waals surface area contributed by atoms with Crippen molar-refractivity contribution in [3.63, 3.8) is 0 Å². The number of aromatic nitrogens is 2. The van der Waals surface area contributed by atoms with Gasteiger partial charge in [-0.2, -0.15) is 0 Å². The summed E-state index contributed by atoms with van der Waals surface area (Å²) in [5, 5.41) is 10.7. The fourth-order valence-corrected chi connectivity index (χ4v) is 4.48. The molecule has 11 heteroatoms. The lowest BCUT2D eigenvalue weighted by atomic mass is 10.2. The summed E-state index contributed by atoms with van der Waals surface area (Å²) in [4.78, 5) is 31.1. The molecule has 0 bridgehead atoms. The summed E-state index contributed by atoms with van der Waals surface area (Å²) in [7, 11) is -3.75. The molecule has 10 nitrogen and oxygen atoms in total. The molecule has 0 aliphatic heterocycles. The van der Waals surface area contributed by atoms with Gasteiger partial charge in [-0.05, 0) is 61.0 Å². The Morgan fingerprint density at radius 3 is 2.32 bits per heavy atom. The first-order valence-electron chi connectivity index (χ1n) is 11.3. The zero-order valence-electron chi connectivity index (χ0n) is 19.8. The van der Waals surface area contributed by atoms with Gasteiger partial charge in [-0.15, -0.1) is 0 Å². The van der Waals surface area contributed by atoms with Crippen LogP contribution in [-0.4, -0.2) is 35.9 Å². The Morgan fingerprint density at radius 1 is 1.00 bits per heavy atom. The highest BCUT2D eigenvalue weighted by molar-refractivity contribution is 7.89. The summed E-state index contributed by atoms with van der Waals surface area (Å²) >= 11 is 0. The van der Waals surface area contributed by atoms with Crippen molar-refractivity contribution in [1.82, 2.24) is 14.3 Å². The van der Waals surface area contributed by atoms with Gasteiger partial charge in [0.2, 0.25) is 15.9 Å². The lowest BCUT2D eigenvalue weighted by Gasteiger charge is -2.10. The van der Waals surface area contributed by atoms with Crippen LogP contribution < -0.4 is 20.7 Å². The first-order valence-corrected chi connectivity index (χ1v) is 12.8. The molecule has 4 aromatic rings. The number of sulfonamides is 1. The molecule has 37 heavy (non-hydrogen) atoms. The first kappa shape index (κ1) is 25.6. The molecule has 0 saturated heterocycles. The van der Waals surface area contributed by atoms with Gasteiger partial charge in [0.15, 0.2) is 0 Å². The number of ether oxygens (including phenoxy) is 1. The highest BCUT2D eigenvalue weighted by Crippen LogP contribution is 2.20. The van der Waals surface area contributed by atoms with E-state index >= 15 is 0 Å². The van der Waals surface area contributed by atoms with Gasteiger partial charge in [0, 0.05) is 12.8 Å². The number of hydrogen-bond acceptors (Lipinski definition) is 7. The SMILES string of the molecule is CCOc1ccc(-n2c(O)c(C=Nc3ccc(S(=O)(=O)NCc4ccccc4)cc3)c(=O)[nH]c2=O)cc1. The summed E-state index contributed by atoms with van der Waals surface area (Å²) in [6.07, 6.45) is 1.11. The Morgan fingerprint density at radius 2 is 1.68 bits per heavy atom. The predicted octanol–water partition coefficient (Wildman–Crippen LogP) is 2.86. The fraction of sp³-hybridized carbons (Fsp3) is 0.115. The van der Waals surface area contributed by atoms with Crippen LogP contribution in [-0.2, 0) is 16.6 Å². The first-order chi connectivity index (χ1) is 17.8. The Kier molecular flexibility index (Phi) is 7.66. The quantitative estimate of drug-likeness (QED) is 0.290. The molecule has 0 saturated carbocycles. The van der Waals surface area contributed by atoms with Crippen molar-refractivity contribution in [2.45, 2.75) is 18.4 Å². The molecule has 3 aromatic carbocycles. The molecule has 3 N–H and O–H groups in total. The van der Waals surface area contributed by atoms with Crippen LogP contribution in [0.4, 0.5) is 5.69 Å². The third-order valence-corrected chi connectivity index (χ3v) is 6.74. The number of rotatable bonds is 9. The van der Waals surface area contributed by atoms with E-state index in [4.69, 9.17) is 4.74 Å². The minimum atomic E-state index is -3.75. The van der Waals surface area contributed by atoms with Crippen molar-refractivity contribution in [1.29, 1.82) is 0 Å². The maximum Gasteiger partial charge on any atom is 0.335 e. The average molecular weight is 521 g/mol. The molecule has 0 aliphatic rings. The Bertz CT molecular complexity index is 1630. The Balaban J connectivity index is 1.55. The number of H-pyrrole nitrogens is 1. The van der Waals surface area contributed by atoms with Gasteiger partial charge >= 0.3 is 5.69 Å². The summed E-state index contributed by atoms with van der Waals surface area (Å²) in [5.74, 6) is -0.00306. The number of aliphatic imine (C=N–C) groups is 1. The van der Waals surface area contributed by atoms with Crippen molar-refractivity contribution >= 4 is 21.9 Å². The molecule has 0 atom stereocenters. The second-order valence-corrected chi connectivity index (χ2v) is 9.59. The molecular formula is C26H24N4O6S. The third kappa shape index (κ3) is 6.02. The van der Waals surface area contributed by atoms with Crippen LogP contribution in [0.5, 0.6) is 11.6 Å². The summed E-state index contributed by atoms with van der Waals surface area (Å²) in [6, 6.07) is 21.2. The van der Waals surface area contributed by atoms with Gasteiger partial charge < -0.3 is 9.84 Å². The minimum absolute atomic E-state index is 0.0483. The normalized spacial score (nSPS) is 11.6. The monoisotopic (exact) mass is 520 g/mol. The number of hydrogen-bond donors (Lipinski definition) is 3. The Hall–Kier alpha value is -4.48. The third-order valence-electron chi connectivity index (χ3n) is 5.33. The van der Waals surface area contributed by atoms with Crippen LogP contribution in [0.3, 0.4) is 0 Å². The predicted molar refractivity (Wildman–Crippen MR) is 140 cm³/mol. The van der Waals surface area contributed by atoms with E-state index in [-0.39, 0.29) is 17.0 Å². The molecule has 0 spiro atoms. The van der Waals surface area contributed by atoms with Gasteiger partial charge in [0.25, 0.3) is 5.56 Å². The van der Waals surface area contributed by atoms with E-state index in [1.807, 2.05) is 37.3 Å². The lowest BCUT2D eigenvalue weighted by molar-refractivity contribution is 0.340. The highest BCUT2D eigenvalue weighted by atomic mass is 32.2. The zero-order valence-corrected chi connectivity index (χ0v) is 20.6. The number of nitrogens with zero attached hydrogens (tertiary/aromatic N) is 2. The summed E-state index contributed by atoms with van der Waals surface area (Å²) in [5.41, 5.74) is -0.410. The number of aromatic hydroxyl groups is 1. The fourth-order valence-electron chi connectivity index (χ4n) is 3.46. The van der Waals surface area contributed by atoms with Crippen LogP contribution in [0.2, 0.25) is 0 Å². The summed E-state index contributed by atoms with van der Waals surface area (Å²) in [6.45, 7) is 2.46. The number of nitrogens with one attached hydrogen (secondary N) is 2. The van der Waals surface area contributed by atoms with E-state index in [1.54, 1.807) is 24.3 Å². The standard InChI is InChI=1S/C26H24N4O6S/c1-2-36-21-12-10-20(11-13-21)30-25(32)23(24(31)29-26(30)33)17-27-19-8-14-22(15-9-19)37(34,35)28-16-18-6-4-3-5-7-18/h3-15,17,28,32H,2,16H2,1H3,(H,29,31,33). The van der Waals surface area contributed by atoms with Crippen molar-refractivity contribution < 1.29 is 18.3 Å². The number of aromatic amines is 1. The second kappa shape index (κ2) is 11.1. The molecule has 0 radical (unpaired) electrons. The molecule has 0 unspecified atom stereocenters. The van der Waals surface area contributed by atoms with Crippen molar-refractivity contribution in [3.05, 3.63) is 111 Å². The van der Waals surface area contributed by atoms with Gasteiger partial charge in [-0.25, -0.2) is 22.5 Å². The second-order valence-electron chi connectivity index (χ2n) is 7.82. The molecular weight excluding hydrogens is 496 g/mol. The largest absolute Gasteiger partial charge is 0.494 e. The Labute approximate surface area is 212 Å². The van der Waals surface area contributed by atoms with Crippen LogP contribution in [0.15, 0.2) is 98.3 Å². The zero-order chi connectivity index (χ0) is 26.4. The topological polar surface area (TPSA) is 143 Å². The van der Waals surface area contributed by atoms with Gasteiger partial charge in [-0.1, -0.05) is 30.3 Å². The van der Waals surface area contributed by atoms with E-state index < -0.39 is 27.2 Å². The van der Waals surface area contributed by atoms with Crippen molar-refractivity contribution in [2.75, 3.05) is 6.61 Å². The van der Waals surface area contributed by atoms with E-state index in [2.05, 4.69) is 14.7 Å². The van der Waals surface area contributed by atoms with Crippen LogP contribution in [0.25, 0.3) is 5.69 Å². The molecule has 0 amide bonds. The van der Waals surface area contributed by atoms with E-state index in [0.717, 1.165) is 16.3 Å². The lowest BCUT2D eigenvalue weighted by Crippen LogP contribution is -2.31. The van der Waals surface area contributed by atoms with E-state index in [0.29, 0.717) is 23.7 Å². The van der Waals surface area contributed by atoms with Crippen LogP contribution in [0, 0.1) is 0 Å². The van der Waals surface area contributed by atoms with E-state index in [9.17, 15) is 23.1 Å². The summed E-state index contributed by atoms with van der Waals surface area (Å²) < 4.78 is 34.0. The molecule has 1 heterocycles. The average Bonchev–Trinajstić information content (AvgIpc) is 2.89. The molecule has 0 fully saturated rings. The van der Waals surface area contributed by atoms with Gasteiger partial charge in [0.05, 0.1) is 22.9 Å². The molecule has 190 valence electrons. The van der Waals surface area contributed by atoms with Crippen molar-refractivity contribution in [3.8, 4) is 17.3 Å².